The zero-order chi connectivity index (χ0) is 15.9. The second-order valence-electron chi connectivity index (χ2n) is 5.25. The van der Waals surface area contributed by atoms with Gasteiger partial charge in [0, 0.05) is 23.1 Å². The Hall–Kier alpha value is -2.67. The number of hydrogen-bond acceptors (Lipinski definition) is 5. The molecule has 3 rings (SSSR count). The van der Waals surface area contributed by atoms with Crippen LogP contribution < -0.4 is 16.2 Å². The summed E-state index contributed by atoms with van der Waals surface area (Å²) in [7, 11) is 0. The van der Waals surface area contributed by atoms with Crippen LogP contribution in [0.15, 0.2) is 36.4 Å². The number of carbonyl (C=O) groups excluding carboxylic acids is 3. The Morgan fingerprint density at radius 3 is 2.18 bits per heavy atom. The molecular weight excluding hydrogens is 288 g/mol. The Labute approximate surface area is 125 Å². The molecule has 0 saturated carbocycles. The van der Waals surface area contributed by atoms with E-state index in [0.717, 1.165) is 0 Å². The van der Waals surface area contributed by atoms with Gasteiger partial charge in [-0.25, -0.2) is 0 Å². The maximum absolute atomic E-state index is 12.3. The molecule has 7 nitrogen and oxygen atoms in total. The van der Waals surface area contributed by atoms with Crippen molar-refractivity contribution in [2.24, 2.45) is 17.6 Å². The van der Waals surface area contributed by atoms with Gasteiger partial charge in [-0.3, -0.25) is 9.59 Å². The SMILES string of the molecule is NC(=O)c1ccc(NC(=O)[C@@H]2[C@@H](C(=O)[O-])[C@H]3C=C[C@@H]2O3)cc1. The molecule has 2 bridgehead atoms. The first-order valence-electron chi connectivity index (χ1n) is 6.73. The van der Waals surface area contributed by atoms with Gasteiger partial charge in [-0.15, -0.1) is 0 Å². The van der Waals surface area contributed by atoms with E-state index in [2.05, 4.69) is 5.32 Å². The van der Waals surface area contributed by atoms with E-state index in [0.29, 0.717) is 11.3 Å². The molecule has 22 heavy (non-hydrogen) atoms. The van der Waals surface area contributed by atoms with E-state index in [4.69, 9.17) is 10.5 Å². The Morgan fingerprint density at radius 1 is 1.05 bits per heavy atom. The van der Waals surface area contributed by atoms with E-state index >= 15 is 0 Å². The molecule has 2 aliphatic rings. The van der Waals surface area contributed by atoms with Crippen LogP contribution in [0.3, 0.4) is 0 Å². The minimum absolute atomic E-state index is 0.316. The zero-order valence-corrected chi connectivity index (χ0v) is 11.4. The Bertz CT molecular complexity index is 667. The number of carboxylic acids is 1. The van der Waals surface area contributed by atoms with Crippen molar-refractivity contribution in [1.29, 1.82) is 0 Å². The van der Waals surface area contributed by atoms with Crippen LogP contribution in [0.25, 0.3) is 0 Å². The van der Waals surface area contributed by atoms with Gasteiger partial charge < -0.3 is 25.7 Å². The number of hydrogen-bond donors (Lipinski definition) is 2. The fourth-order valence-electron chi connectivity index (χ4n) is 2.85. The molecule has 7 heteroatoms. The molecule has 0 spiro atoms. The van der Waals surface area contributed by atoms with Crippen molar-refractivity contribution >= 4 is 23.5 Å². The predicted octanol–water partition coefficient (Wildman–Crippen LogP) is -0.957. The number of rotatable bonds is 4. The zero-order valence-electron chi connectivity index (χ0n) is 11.4. The van der Waals surface area contributed by atoms with E-state index in [1.807, 2.05) is 0 Å². The van der Waals surface area contributed by atoms with Crippen LogP contribution in [0, 0.1) is 11.8 Å². The van der Waals surface area contributed by atoms with Crippen molar-refractivity contribution in [3.05, 3.63) is 42.0 Å². The Balaban J connectivity index is 1.75. The predicted molar refractivity (Wildman–Crippen MR) is 73.4 cm³/mol. The second kappa shape index (κ2) is 5.27. The van der Waals surface area contributed by atoms with Crippen molar-refractivity contribution < 1.29 is 24.2 Å². The van der Waals surface area contributed by atoms with Crippen molar-refractivity contribution in [1.82, 2.24) is 0 Å². The van der Waals surface area contributed by atoms with Crippen LogP contribution in [-0.2, 0) is 14.3 Å². The quantitative estimate of drug-likeness (QED) is 0.694. The average molecular weight is 301 g/mol. The lowest BCUT2D eigenvalue weighted by atomic mass is 9.82. The summed E-state index contributed by atoms with van der Waals surface area (Å²) < 4.78 is 5.41. The summed E-state index contributed by atoms with van der Waals surface area (Å²) in [6.07, 6.45) is 2.14. The molecule has 4 atom stereocenters. The van der Waals surface area contributed by atoms with Crippen molar-refractivity contribution in [3.8, 4) is 0 Å². The molecule has 2 amide bonds. The van der Waals surface area contributed by atoms with E-state index in [1.165, 1.54) is 24.3 Å². The fraction of sp³-hybridized carbons (Fsp3) is 0.267. The summed E-state index contributed by atoms with van der Waals surface area (Å²) in [5.41, 5.74) is 5.89. The van der Waals surface area contributed by atoms with Crippen LogP contribution in [0.2, 0.25) is 0 Å². The monoisotopic (exact) mass is 301 g/mol. The van der Waals surface area contributed by atoms with E-state index in [9.17, 15) is 19.5 Å². The minimum atomic E-state index is -1.30. The van der Waals surface area contributed by atoms with Gasteiger partial charge in [0.25, 0.3) is 0 Å². The van der Waals surface area contributed by atoms with Gasteiger partial charge in [0.05, 0.1) is 18.1 Å². The third-order valence-corrected chi connectivity index (χ3v) is 3.91. The lowest BCUT2D eigenvalue weighted by Crippen LogP contribution is -2.45. The normalized spacial score (nSPS) is 28.5. The molecule has 3 N–H and O–H groups in total. The summed E-state index contributed by atoms with van der Waals surface area (Å²) in [6, 6.07) is 6.00. The number of carbonyl (C=O) groups is 3. The molecule has 0 unspecified atom stereocenters. The van der Waals surface area contributed by atoms with Crippen molar-refractivity contribution in [2.75, 3.05) is 5.32 Å². The number of benzene rings is 1. The number of fused-ring (bicyclic) bond motifs is 2. The van der Waals surface area contributed by atoms with Gasteiger partial charge in [-0.2, -0.15) is 0 Å². The molecule has 1 saturated heterocycles. The van der Waals surface area contributed by atoms with Crippen molar-refractivity contribution in [3.63, 3.8) is 0 Å². The van der Waals surface area contributed by atoms with E-state index in [1.54, 1.807) is 12.2 Å². The molecule has 1 fully saturated rings. The molecule has 114 valence electrons. The molecule has 0 aliphatic carbocycles. The number of nitrogens with two attached hydrogens (primary N) is 1. The number of ether oxygens (including phenoxy) is 1. The van der Waals surface area contributed by atoms with Crippen molar-refractivity contribution in [2.45, 2.75) is 12.2 Å². The molecule has 0 aromatic heterocycles. The number of aliphatic carboxylic acids is 1. The third kappa shape index (κ3) is 2.35. The highest BCUT2D eigenvalue weighted by Crippen LogP contribution is 2.39. The van der Waals surface area contributed by atoms with Gasteiger partial charge >= 0.3 is 0 Å². The van der Waals surface area contributed by atoms with E-state index < -0.39 is 41.8 Å². The van der Waals surface area contributed by atoms with Gasteiger partial charge in [0.1, 0.15) is 0 Å². The highest BCUT2D eigenvalue weighted by Gasteiger charge is 2.50. The summed E-state index contributed by atoms with van der Waals surface area (Å²) in [5, 5.41) is 13.8. The summed E-state index contributed by atoms with van der Waals surface area (Å²) in [5.74, 6) is -4.17. The maximum Gasteiger partial charge on any atom is 0.248 e. The Morgan fingerprint density at radius 2 is 1.64 bits per heavy atom. The standard InChI is InChI=1S/C15H14N2O5/c16-13(18)7-1-3-8(4-2-7)17-14(19)11-9-5-6-10(22-9)12(11)15(20)21/h1-6,9-12H,(H2,16,18)(H,17,19)(H,20,21)/p-1/t9-,10+,11-,12-/m0/s1. The number of amides is 2. The lowest BCUT2D eigenvalue weighted by Gasteiger charge is -2.24. The van der Waals surface area contributed by atoms with Crippen LogP contribution in [0.1, 0.15) is 10.4 Å². The van der Waals surface area contributed by atoms with Crippen LogP contribution in [-0.4, -0.2) is 30.0 Å². The van der Waals surface area contributed by atoms with Gasteiger partial charge in [0.15, 0.2) is 0 Å². The molecular formula is C15H13N2O5-. The largest absolute Gasteiger partial charge is 0.550 e. The number of carboxylic acid groups (broad SMARTS) is 1. The second-order valence-corrected chi connectivity index (χ2v) is 5.25. The number of anilines is 1. The van der Waals surface area contributed by atoms with Gasteiger partial charge in [-0.1, -0.05) is 12.2 Å². The lowest BCUT2D eigenvalue weighted by molar-refractivity contribution is -0.313. The first-order chi connectivity index (χ1) is 10.5. The number of nitrogens with one attached hydrogen (secondary N) is 1. The van der Waals surface area contributed by atoms with Gasteiger partial charge in [-0.05, 0) is 24.3 Å². The maximum atomic E-state index is 12.3. The van der Waals surface area contributed by atoms with Crippen LogP contribution >= 0.6 is 0 Å². The third-order valence-electron chi connectivity index (χ3n) is 3.91. The summed E-state index contributed by atoms with van der Waals surface area (Å²) >= 11 is 0. The fourth-order valence-corrected chi connectivity index (χ4v) is 2.85. The topological polar surface area (TPSA) is 122 Å². The molecule has 1 aromatic carbocycles. The van der Waals surface area contributed by atoms with Gasteiger partial charge in [0.2, 0.25) is 11.8 Å². The summed E-state index contributed by atoms with van der Waals surface area (Å²) in [4.78, 5) is 34.5. The molecule has 1 aromatic rings. The first-order valence-corrected chi connectivity index (χ1v) is 6.73. The highest BCUT2D eigenvalue weighted by molar-refractivity contribution is 5.97. The van der Waals surface area contributed by atoms with E-state index in [-0.39, 0.29) is 0 Å². The molecule has 2 heterocycles. The number of primary amides is 1. The smallest absolute Gasteiger partial charge is 0.248 e. The Kier molecular flexibility index (Phi) is 3.42. The van der Waals surface area contributed by atoms with Crippen LogP contribution in [0.4, 0.5) is 5.69 Å². The van der Waals surface area contributed by atoms with Crippen LogP contribution in [0.5, 0.6) is 0 Å². The minimum Gasteiger partial charge on any atom is -0.550 e. The average Bonchev–Trinajstić information content (AvgIpc) is 3.08. The first kappa shape index (κ1) is 14.3. The molecule has 0 radical (unpaired) electrons. The molecule has 2 aliphatic heterocycles. The highest BCUT2D eigenvalue weighted by atomic mass is 16.5. The summed E-state index contributed by atoms with van der Waals surface area (Å²) in [6.45, 7) is 0.